The molecule has 0 aliphatic rings. The third kappa shape index (κ3) is 4.16. The summed E-state index contributed by atoms with van der Waals surface area (Å²) in [6.45, 7) is 3.24. The highest BCUT2D eigenvalue weighted by molar-refractivity contribution is 5.27. The lowest BCUT2D eigenvalue weighted by Gasteiger charge is -2.34. The Labute approximate surface area is 128 Å². The molecule has 0 saturated carbocycles. The SMILES string of the molecule is CCCNC(c1ccccc1)C(c1ccccc1)N(C)C. The van der Waals surface area contributed by atoms with E-state index < -0.39 is 0 Å². The van der Waals surface area contributed by atoms with Crippen LogP contribution in [0.3, 0.4) is 0 Å². The van der Waals surface area contributed by atoms with E-state index in [2.05, 4.69) is 91.9 Å². The van der Waals surface area contributed by atoms with Crippen molar-refractivity contribution in [1.29, 1.82) is 0 Å². The van der Waals surface area contributed by atoms with Gasteiger partial charge in [-0.25, -0.2) is 0 Å². The van der Waals surface area contributed by atoms with Crippen LogP contribution in [0, 0.1) is 0 Å². The minimum absolute atomic E-state index is 0.295. The van der Waals surface area contributed by atoms with Gasteiger partial charge in [0.2, 0.25) is 0 Å². The first-order chi connectivity index (χ1) is 10.2. The molecule has 1 N–H and O–H groups in total. The van der Waals surface area contributed by atoms with Crippen molar-refractivity contribution in [3.05, 3.63) is 71.8 Å². The molecule has 2 rings (SSSR count). The Bertz CT molecular complexity index is 508. The molecule has 2 aromatic rings. The van der Waals surface area contributed by atoms with E-state index in [1.165, 1.54) is 11.1 Å². The van der Waals surface area contributed by atoms with E-state index in [9.17, 15) is 0 Å². The van der Waals surface area contributed by atoms with Gasteiger partial charge in [0.05, 0.1) is 12.1 Å². The Kier molecular flexibility index (Phi) is 5.97. The van der Waals surface area contributed by atoms with E-state index in [0.29, 0.717) is 12.1 Å². The summed E-state index contributed by atoms with van der Waals surface area (Å²) < 4.78 is 0. The van der Waals surface area contributed by atoms with Crippen LogP contribution in [-0.4, -0.2) is 25.5 Å². The molecule has 0 aliphatic carbocycles. The number of likely N-dealkylation sites (N-methyl/N-ethyl adjacent to an activating group) is 1. The zero-order valence-corrected chi connectivity index (χ0v) is 13.3. The number of hydrogen-bond acceptors (Lipinski definition) is 2. The lowest BCUT2D eigenvalue weighted by Crippen LogP contribution is -2.35. The predicted molar refractivity (Wildman–Crippen MR) is 90.3 cm³/mol. The molecule has 2 nitrogen and oxygen atoms in total. The second kappa shape index (κ2) is 7.96. The fourth-order valence-electron chi connectivity index (χ4n) is 2.81. The van der Waals surface area contributed by atoms with Crippen LogP contribution in [0.25, 0.3) is 0 Å². The Morgan fingerprint density at radius 1 is 0.857 bits per heavy atom. The molecule has 0 heterocycles. The molecular weight excluding hydrogens is 256 g/mol. The van der Waals surface area contributed by atoms with E-state index in [4.69, 9.17) is 0 Å². The van der Waals surface area contributed by atoms with Crippen molar-refractivity contribution in [3.8, 4) is 0 Å². The van der Waals surface area contributed by atoms with Crippen LogP contribution in [-0.2, 0) is 0 Å². The number of hydrogen-bond donors (Lipinski definition) is 1. The number of rotatable bonds is 7. The van der Waals surface area contributed by atoms with Gasteiger partial charge in [0.25, 0.3) is 0 Å². The Morgan fingerprint density at radius 2 is 1.38 bits per heavy atom. The number of benzene rings is 2. The average molecular weight is 282 g/mol. The molecule has 112 valence electrons. The lowest BCUT2D eigenvalue weighted by atomic mass is 9.92. The van der Waals surface area contributed by atoms with Crippen LogP contribution in [0.5, 0.6) is 0 Å². The van der Waals surface area contributed by atoms with Crippen molar-refractivity contribution < 1.29 is 0 Å². The maximum Gasteiger partial charge on any atom is 0.0538 e. The molecule has 0 spiro atoms. The first-order valence-electron chi connectivity index (χ1n) is 7.73. The molecule has 0 bridgehead atoms. The van der Waals surface area contributed by atoms with Crippen molar-refractivity contribution in [2.45, 2.75) is 25.4 Å². The lowest BCUT2D eigenvalue weighted by molar-refractivity contribution is 0.232. The molecule has 0 aromatic heterocycles. The highest BCUT2D eigenvalue weighted by atomic mass is 15.1. The topological polar surface area (TPSA) is 15.3 Å². The highest BCUT2D eigenvalue weighted by Gasteiger charge is 2.25. The van der Waals surface area contributed by atoms with Gasteiger partial charge in [0, 0.05) is 0 Å². The Morgan fingerprint density at radius 3 is 1.86 bits per heavy atom. The van der Waals surface area contributed by atoms with Crippen molar-refractivity contribution >= 4 is 0 Å². The van der Waals surface area contributed by atoms with E-state index in [1.807, 2.05) is 0 Å². The zero-order valence-electron chi connectivity index (χ0n) is 13.3. The highest BCUT2D eigenvalue weighted by Crippen LogP contribution is 2.32. The van der Waals surface area contributed by atoms with E-state index in [0.717, 1.165) is 13.0 Å². The van der Waals surface area contributed by atoms with Crippen molar-refractivity contribution in [2.24, 2.45) is 0 Å². The monoisotopic (exact) mass is 282 g/mol. The molecule has 2 atom stereocenters. The largest absolute Gasteiger partial charge is 0.308 e. The molecule has 0 aliphatic heterocycles. The minimum atomic E-state index is 0.295. The van der Waals surface area contributed by atoms with Gasteiger partial charge in [-0.3, -0.25) is 0 Å². The second-order valence-electron chi connectivity index (χ2n) is 5.66. The van der Waals surface area contributed by atoms with Gasteiger partial charge in [-0.15, -0.1) is 0 Å². The van der Waals surface area contributed by atoms with Gasteiger partial charge >= 0.3 is 0 Å². The first kappa shape index (κ1) is 15.7. The van der Waals surface area contributed by atoms with Gasteiger partial charge in [0.15, 0.2) is 0 Å². The van der Waals surface area contributed by atoms with Crippen LogP contribution < -0.4 is 5.32 Å². The van der Waals surface area contributed by atoms with Gasteiger partial charge < -0.3 is 10.2 Å². The Hall–Kier alpha value is -1.64. The molecular formula is C19H26N2. The summed E-state index contributed by atoms with van der Waals surface area (Å²) in [5, 5.41) is 3.72. The second-order valence-corrected chi connectivity index (χ2v) is 5.66. The number of nitrogens with one attached hydrogen (secondary N) is 1. The van der Waals surface area contributed by atoms with Crippen LogP contribution in [0.1, 0.15) is 36.6 Å². The summed E-state index contributed by atoms with van der Waals surface area (Å²) in [6, 6.07) is 22.1. The summed E-state index contributed by atoms with van der Waals surface area (Å²) in [5.41, 5.74) is 2.69. The number of nitrogens with zero attached hydrogens (tertiary/aromatic N) is 1. The van der Waals surface area contributed by atoms with E-state index >= 15 is 0 Å². The molecule has 0 radical (unpaired) electrons. The summed E-state index contributed by atoms with van der Waals surface area (Å²) in [5.74, 6) is 0. The molecule has 0 saturated heterocycles. The first-order valence-corrected chi connectivity index (χ1v) is 7.73. The van der Waals surface area contributed by atoms with Gasteiger partial charge in [-0.1, -0.05) is 67.6 Å². The Balaban J connectivity index is 2.36. The van der Waals surface area contributed by atoms with Gasteiger partial charge in [-0.2, -0.15) is 0 Å². The van der Waals surface area contributed by atoms with E-state index in [-0.39, 0.29) is 0 Å². The predicted octanol–water partition coefficient (Wildman–Crippen LogP) is 4.03. The van der Waals surface area contributed by atoms with Gasteiger partial charge in [0.1, 0.15) is 0 Å². The standard InChI is InChI=1S/C19H26N2/c1-4-15-20-18(16-11-7-5-8-12-16)19(21(2)3)17-13-9-6-10-14-17/h5-14,18-20H,4,15H2,1-3H3. The zero-order chi connectivity index (χ0) is 15.1. The van der Waals surface area contributed by atoms with Gasteiger partial charge in [-0.05, 0) is 38.2 Å². The maximum absolute atomic E-state index is 3.72. The molecule has 2 unspecified atom stereocenters. The van der Waals surface area contributed by atoms with E-state index in [1.54, 1.807) is 0 Å². The summed E-state index contributed by atoms with van der Waals surface area (Å²) >= 11 is 0. The fourth-order valence-corrected chi connectivity index (χ4v) is 2.81. The summed E-state index contributed by atoms with van der Waals surface area (Å²) in [4.78, 5) is 2.30. The van der Waals surface area contributed by atoms with Crippen LogP contribution >= 0.6 is 0 Å². The van der Waals surface area contributed by atoms with Crippen molar-refractivity contribution in [2.75, 3.05) is 20.6 Å². The molecule has 0 amide bonds. The van der Waals surface area contributed by atoms with Crippen molar-refractivity contribution in [1.82, 2.24) is 10.2 Å². The van der Waals surface area contributed by atoms with Crippen molar-refractivity contribution in [3.63, 3.8) is 0 Å². The maximum atomic E-state index is 3.72. The fraction of sp³-hybridized carbons (Fsp3) is 0.368. The van der Waals surface area contributed by atoms with Crippen LogP contribution in [0.4, 0.5) is 0 Å². The molecule has 0 fully saturated rings. The smallest absolute Gasteiger partial charge is 0.0538 e. The van der Waals surface area contributed by atoms with Crippen LogP contribution in [0.2, 0.25) is 0 Å². The third-order valence-electron chi connectivity index (χ3n) is 3.79. The quantitative estimate of drug-likeness (QED) is 0.825. The summed E-state index contributed by atoms with van der Waals surface area (Å²) in [7, 11) is 4.31. The molecule has 2 aromatic carbocycles. The average Bonchev–Trinajstić information content (AvgIpc) is 2.52. The third-order valence-corrected chi connectivity index (χ3v) is 3.79. The molecule has 21 heavy (non-hydrogen) atoms. The normalized spacial score (nSPS) is 14.1. The molecule has 2 heteroatoms. The summed E-state index contributed by atoms with van der Waals surface area (Å²) in [6.07, 6.45) is 1.14. The van der Waals surface area contributed by atoms with Crippen LogP contribution in [0.15, 0.2) is 60.7 Å². The minimum Gasteiger partial charge on any atom is -0.308 e.